The molecule has 9 heteroatoms. The van der Waals surface area contributed by atoms with E-state index in [1.54, 1.807) is 6.33 Å². The zero-order valence-corrected chi connectivity index (χ0v) is 16.2. The molecule has 0 radical (unpaired) electrons. The Morgan fingerprint density at radius 3 is 2.44 bits per heavy atom. The molecular formula is C18H20ClN4O3P. The van der Waals surface area contributed by atoms with Crippen molar-refractivity contribution >= 4 is 30.4 Å². The largest absolute Gasteiger partial charge is 0.325 e. The molecule has 2 aromatic heterocycles. The molecule has 1 fully saturated rings. The fraction of sp³-hybridized carbons (Fsp3) is 0.389. The minimum Gasteiger partial charge on any atom is -0.324 e. The van der Waals surface area contributed by atoms with Crippen LogP contribution in [0.3, 0.4) is 0 Å². The Morgan fingerprint density at radius 2 is 1.78 bits per heavy atom. The fourth-order valence-electron chi connectivity index (χ4n) is 3.92. The monoisotopic (exact) mass is 406 g/mol. The van der Waals surface area contributed by atoms with E-state index in [-0.39, 0.29) is 12.1 Å². The van der Waals surface area contributed by atoms with Gasteiger partial charge in [-0.2, -0.15) is 0 Å². The molecule has 0 spiro atoms. The van der Waals surface area contributed by atoms with Crippen molar-refractivity contribution < 1.29 is 14.4 Å². The molecule has 4 rings (SSSR count). The summed E-state index contributed by atoms with van der Waals surface area (Å²) >= 11 is 6.06. The van der Waals surface area contributed by atoms with Gasteiger partial charge < -0.3 is 9.79 Å². The molecule has 2 N–H and O–H groups in total. The van der Waals surface area contributed by atoms with Crippen molar-refractivity contribution in [2.45, 2.75) is 31.6 Å². The van der Waals surface area contributed by atoms with Crippen molar-refractivity contribution in [1.29, 1.82) is 0 Å². The Kier molecular flexibility index (Phi) is 5.03. The second-order valence-electron chi connectivity index (χ2n) is 7.11. The van der Waals surface area contributed by atoms with E-state index in [0.717, 1.165) is 31.4 Å². The SMILES string of the molecule is O=P(O)(O)C[C@H]1CC[C@H](c2ccc(-n3cnc4c(Cl)ncnc43)cc2)CC1. The van der Waals surface area contributed by atoms with Gasteiger partial charge in [-0.1, -0.05) is 23.7 Å². The van der Waals surface area contributed by atoms with E-state index in [1.165, 1.54) is 11.9 Å². The summed E-state index contributed by atoms with van der Waals surface area (Å²) in [5.74, 6) is 0.562. The molecule has 27 heavy (non-hydrogen) atoms. The van der Waals surface area contributed by atoms with Crippen molar-refractivity contribution in [2.24, 2.45) is 5.92 Å². The Hall–Kier alpha value is -1.79. The van der Waals surface area contributed by atoms with Gasteiger partial charge in [0.2, 0.25) is 0 Å². The lowest BCUT2D eigenvalue weighted by Gasteiger charge is -2.29. The van der Waals surface area contributed by atoms with Gasteiger partial charge in [-0.05, 0) is 55.2 Å². The van der Waals surface area contributed by atoms with Crippen LogP contribution in [-0.4, -0.2) is 35.5 Å². The highest BCUT2D eigenvalue weighted by molar-refractivity contribution is 7.51. The highest BCUT2D eigenvalue weighted by Gasteiger charge is 2.27. The highest BCUT2D eigenvalue weighted by Crippen LogP contribution is 2.44. The molecule has 0 bridgehead atoms. The first kappa shape index (κ1) is 18.6. The first-order valence-corrected chi connectivity index (χ1v) is 11.1. The van der Waals surface area contributed by atoms with Crippen molar-refractivity contribution in [2.75, 3.05) is 6.16 Å². The smallest absolute Gasteiger partial charge is 0.324 e. The van der Waals surface area contributed by atoms with Crippen molar-refractivity contribution in [3.05, 3.63) is 47.6 Å². The summed E-state index contributed by atoms with van der Waals surface area (Å²) in [5, 5.41) is 0.336. The van der Waals surface area contributed by atoms with Crippen LogP contribution in [0.1, 0.15) is 37.2 Å². The summed E-state index contributed by atoms with van der Waals surface area (Å²) in [4.78, 5) is 30.8. The number of hydrogen-bond acceptors (Lipinski definition) is 4. The van der Waals surface area contributed by atoms with E-state index in [0.29, 0.717) is 22.2 Å². The predicted molar refractivity (Wildman–Crippen MR) is 103 cm³/mol. The Balaban J connectivity index is 1.48. The van der Waals surface area contributed by atoms with Gasteiger partial charge in [-0.25, -0.2) is 15.0 Å². The third kappa shape index (κ3) is 4.06. The maximum atomic E-state index is 11.2. The molecule has 0 atom stereocenters. The maximum Gasteiger partial charge on any atom is 0.325 e. The van der Waals surface area contributed by atoms with Gasteiger partial charge in [0, 0.05) is 5.69 Å². The minimum absolute atomic E-state index is 0.0107. The van der Waals surface area contributed by atoms with Crippen LogP contribution >= 0.6 is 19.2 Å². The summed E-state index contributed by atoms with van der Waals surface area (Å²) in [6.45, 7) is 0. The predicted octanol–water partition coefficient (Wildman–Crippen LogP) is 3.92. The standard InChI is InChI=1S/C18H20ClN4O3P/c19-17-16-18(21-10-20-17)23(11-22-16)15-7-5-14(6-8-15)13-3-1-12(2-4-13)9-27(24,25)26/h5-8,10-13H,1-4,9H2,(H2,24,25,26)/t12-,13-. The molecule has 1 aromatic carbocycles. The lowest BCUT2D eigenvalue weighted by atomic mass is 9.79. The van der Waals surface area contributed by atoms with Gasteiger partial charge in [-0.3, -0.25) is 9.13 Å². The van der Waals surface area contributed by atoms with E-state index < -0.39 is 7.60 Å². The lowest BCUT2D eigenvalue weighted by Crippen LogP contribution is -2.16. The third-order valence-corrected chi connectivity index (χ3v) is 6.54. The van der Waals surface area contributed by atoms with Gasteiger partial charge in [-0.15, -0.1) is 0 Å². The second-order valence-corrected chi connectivity index (χ2v) is 9.16. The normalized spacial score (nSPS) is 20.9. The van der Waals surface area contributed by atoms with Gasteiger partial charge in [0.25, 0.3) is 0 Å². The second kappa shape index (κ2) is 7.32. The molecule has 0 amide bonds. The van der Waals surface area contributed by atoms with Gasteiger partial charge >= 0.3 is 7.60 Å². The average Bonchev–Trinajstić information content (AvgIpc) is 3.07. The van der Waals surface area contributed by atoms with Crippen molar-refractivity contribution in [3.8, 4) is 5.69 Å². The Morgan fingerprint density at radius 1 is 1.07 bits per heavy atom. The first-order chi connectivity index (χ1) is 12.9. The summed E-state index contributed by atoms with van der Waals surface area (Å²) in [7, 11) is -3.91. The number of benzene rings is 1. The van der Waals surface area contributed by atoms with Crippen LogP contribution in [0, 0.1) is 5.92 Å². The van der Waals surface area contributed by atoms with Crippen LogP contribution in [0.4, 0.5) is 0 Å². The minimum atomic E-state index is -3.91. The molecule has 1 saturated carbocycles. The van der Waals surface area contributed by atoms with Crippen LogP contribution in [0.2, 0.25) is 5.15 Å². The summed E-state index contributed by atoms with van der Waals surface area (Å²) in [6.07, 6.45) is 6.76. The zero-order chi connectivity index (χ0) is 19.0. The molecule has 1 aliphatic carbocycles. The molecule has 3 aromatic rings. The number of halogens is 1. The zero-order valence-electron chi connectivity index (χ0n) is 14.6. The van der Waals surface area contributed by atoms with Gasteiger partial charge in [0.05, 0.1) is 6.16 Å². The number of rotatable bonds is 4. The molecule has 1 aliphatic rings. The van der Waals surface area contributed by atoms with E-state index >= 15 is 0 Å². The summed E-state index contributed by atoms with van der Waals surface area (Å²) < 4.78 is 13.1. The third-order valence-electron chi connectivity index (χ3n) is 5.27. The van der Waals surface area contributed by atoms with Crippen LogP contribution in [0.25, 0.3) is 16.9 Å². The quantitative estimate of drug-likeness (QED) is 0.503. The van der Waals surface area contributed by atoms with E-state index in [4.69, 9.17) is 21.4 Å². The summed E-state index contributed by atoms with van der Waals surface area (Å²) in [6, 6.07) is 8.29. The number of aromatic nitrogens is 4. The molecule has 7 nitrogen and oxygen atoms in total. The fourth-order valence-corrected chi connectivity index (χ4v) is 5.13. The van der Waals surface area contributed by atoms with E-state index in [2.05, 4.69) is 27.1 Å². The van der Waals surface area contributed by atoms with Crippen molar-refractivity contribution in [1.82, 2.24) is 19.5 Å². The number of hydrogen-bond donors (Lipinski definition) is 2. The lowest BCUT2D eigenvalue weighted by molar-refractivity contribution is 0.316. The molecule has 0 aliphatic heterocycles. The van der Waals surface area contributed by atoms with E-state index in [9.17, 15) is 4.57 Å². The highest BCUT2D eigenvalue weighted by atomic mass is 35.5. The molecule has 0 saturated heterocycles. The molecule has 0 unspecified atom stereocenters. The van der Waals surface area contributed by atoms with Crippen molar-refractivity contribution in [3.63, 3.8) is 0 Å². The Bertz CT molecular complexity index is 994. The topological polar surface area (TPSA) is 101 Å². The number of imidazole rings is 1. The van der Waals surface area contributed by atoms with Crippen LogP contribution in [-0.2, 0) is 4.57 Å². The first-order valence-electron chi connectivity index (χ1n) is 8.89. The van der Waals surface area contributed by atoms with Gasteiger partial charge in [0.15, 0.2) is 10.8 Å². The summed E-state index contributed by atoms with van der Waals surface area (Å²) in [5.41, 5.74) is 3.45. The molecule has 2 heterocycles. The van der Waals surface area contributed by atoms with Crippen LogP contribution < -0.4 is 0 Å². The number of fused-ring (bicyclic) bond motifs is 1. The van der Waals surface area contributed by atoms with Gasteiger partial charge in [0.1, 0.15) is 18.2 Å². The average molecular weight is 407 g/mol. The Labute approximate surface area is 161 Å². The maximum absolute atomic E-state index is 11.2. The van der Waals surface area contributed by atoms with Crippen LogP contribution in [0.5, 0.6) is 0 Å². The number of nitrogens with zero attached hydrogens (tertiary/aromatic N) is 4. The molecule has 142 valence electrons. The molecular weight excluding hydrogens is 387 g/mol. The van der Waals surface area contributed by atoms with E-state index in [1.807, 2.05) is 16.7 Å². The van der Waals surface area contributed by atoms with Crippen LogP contribution in [0.15, 0.2) is 36.9 Å².